The summed E-state index contributed by atoms with van der Waals surface area (Å²) in [5.74, 6) is 0.413. The number of carbonyl (C=O) groups is 1. The number of hydrogen-bond donors (Lipinski definition) is 1. The van der Waals surface area contributed by atoms with E-state index < -0.39 is 5.97 Å². The molecule has 0 aromatic carbocycles. The molecule has 1 aromatic heterocycles. The van der Waals surface area contributed by atoms with Crippen molar-refractivity contribution >= 4 is 5.97 Å². The van der Waals surface area contributed by atoms with Crippen molar-refractivity contribution in [2.45, 2.75) is 45.6 Å². The molecule has 0 bridgehead atoms. The van der Waals surface area contributed by atoms with Gasteiger partial charge in [-0.3, -0.25) is 14.4 Å². The van der Waals surface area contributed by atoms with Gasteiger partial charge < -0.3 is 5.11 Å². The summed E-state index contributed by atoms with van der Waals surface area (Å²) in [6, 6.07) is 0. The lowest BCUT2D eigenvalue weighted by Crippen LogP contribution is -2.25. The van der Waals surface area contributed by atoms with Gasteiger partial charge in [-0.1, -0.05) is 20.8 Å². The number of aryl methyl sites for hydroxylation is 1. The number of nitrogens with zero attached hydrogens (tertiary/aromatic N) is 3. The third kappa shape index (κ3) is 2.91. The molecule has 3 rings (SSSR count). The summed E-state index contributed by atoms with van der Waals surface area (Å²) < 4.78 is 1.91. The minimum atomic E-state index is -0.608. The average Bonchev–Trinajstić information content (AvgIpc) is 3.01. The maximum atomic E-state index is 11.1. The summed E-state index contributed by atoms with van der Waals surface area (Å²) in [6.45, 7) is 9.62. The highest BCUT2D eigenvalue weighted by Crippen LogP contribution is 2.42. The van der Waals surface area contributed by atoms with E-state index >= 15 is 0 Å². The van der Waals surface area contributed by atoms with Crippen molar-refractivity contribution in [3.63, 3.8) is 0 Å². The number of hydrogen-bond acceptors (Lipinski definition) is 3. The highest BCUT2D eigenvalue weighted by atomic mass is 16.4. The Kier molecular flexibility index (Phi) is 3.79. The number of aromatic nitrogens is 2. The van der Waals surface area contributed by atoms with E-state index in [-0.39, 0.29) is 11.3 Å². The lowest BCUT2D eigenvalue weighted by atomic mass is 9.89. The standard InChI is InChI=1S/C17H27N3O2/c1-17(2,3)15-14(7-19(4)18-15)10-20-8-12-5-11(16(21)22)6-13(12)9-20/h7,11-13H,5-6,8-10H2,1-4H3,(H,21,22)/t11?,12-,13+. The van der Waals surface area contributed by atoms with E-state index in [1.165, 1.54) is 11.3 Å². The Morgan fingerprint density at radius 2 is 1.91 bits per heavy atom. The van der Waals surface area contributed by atoms with E-state index in [1.54, 1.807) is 0 Å². The first kappa shape index (κ1) is 15.5. The highest BCUT2D eigenvalue weighted by molar-refractivity contribution is 5.70. The summed E-state index contributed by atoms with van der Waals surface area (Å²) in [7, 11) is 1.98. The van der Waals surface area contributed by atoms with Gasteiger partial charge >= 0.3 is 5.97 Å². The van der Waals surface area contributed by atoms with Crippen molar-refractivity contribution in [2.24, 2.45) is 24.8 Å². The predicted octanol–water partition coefficient (Wildman–Crippen LogP) is 2.26. The maximum absolute atomic E-state index is 11.1. The minimum absolute atomic E-state index is 0.0561. The molecule has 5 nitrogen and oxygen atoms in total. The zero-order chi connectivity index (χ0) is 16.1. The van der Waals surface area contributed by atoms with Crippen LogP contribution in [-0.4, -0.2) is 38.8 Å². The summed E-state index contributed by atoms with van der Waals surface area (Å²) in [4.78, 5) is 13.6. The van der Waals surface area contributed by atoms with Crippen molar-refractivity contribution in [3.8, 4) is 0 Å². The Hall–Kier alpha value is -1.36. The average molecular weight is 305 g/mol. The molecule has 1 aliphatic carbocycles. The Balaban J connectivity index is 1.67. The fourth-order valence-corrected chi connectivity index (χ4v) is 4.25. The molecule has 1 saturated heterocycles. The molecule has 1 saturated carbocycles. The molecule has 0 amide bonds. The van der Waals surface area contributed by atoms with E-state index in [4.69, 9.17) is 0 Å². The van der Waals surface area contributed by atoms with E-state index in [0.717, 1.165) is 32.5 Å². The molecular formula is C17H27N3O2. The zero-order valence-corrected chi connectivity index (χ0v) is 14.0. The van der Waals surface area contributed by atoms with Gasteiger partial charge in [-0.05, 0) is 24.7 Å². The number of carboxylic acid groups (broad SMARTS) is 1. The first-order valence-corrected chi connectivity index (χ1v) is 8.22. The Bertz CT molecular complexity index is 559. The predicted molar refractivity (Wildman–Crippen MR) is 84.5 cm³/mol. The van der Waals surface area contributed by atoms with Crippen LogP contribution in [0, 0.1) is 17.8 Å². The third-order valence-corrected chi connectivity index (χ3v) is 5.18. The van der Waals surface area contributed by atoms with Crippen LogP contribution in [0.25, 0.3) is 0 Å². The molecule has 22 heavy (non-hydrogen) atoms. The molecule has 1 aromatic rings. The van der Waals surface area contributed by atoms with Gasteiger partial charge in [-0.2, -0.15) is 5.10 Å². The van der Waals surface area contributed by atoms with Gasteiger partial charge in [-0.15, -0.1) is 0 Å². The van der Waals surface area contributed by atoms with Crippen LogP contribution in [-0.2, 0) is 23.8 Å². The quantitative estimate of drug-likeness (QED) is 0.930. The van der Waals surface area contributed by atoms with E-state index in [9.17, 15) is 9.90 Å². The summed E-state index contributed by atoms with van der Waals surface area (Å²) in [5.41, 5.74) is 2.54. The Morgan fingerprint density at radius 1 is 1.32 bits per heavy atom. The molecule has 122 valence electrons. The number of likely N-dealkylation sites (tertiary alicyclic amines) is 1. The second-order valence-electron chi connectivity index (χ2n) is 8.15. The molecule has 1 N–H and O–H groups in total. The van der Waals surface area contributed by atoms with Crippen LogP contribution in [0.15, 0.2) is 6.20 Å². The molecule has 2 fully saturated rings. The van der Waals surface area contributed by atoms with Crippen LogP contribution in [0.5, 0.6) is 0 Å². The molecule has 1 aliphatic heterocycles. The first-order valence-electron chi connectivity index (χ1n) is 8.22. The van der Waals surface area contributed by atoms with Gasteiger partial charge in [0, 0.05) is 43.9 Å². The van der Waals surface area contributed by atoms with Crippen LogP contribution >= 0.6 is 0 Å². The number of aliphatic carboxylic acids is 1. The van der Waals surface area contributed by atoms with Crippen molar-refractivity contribution in [1.29, 1.82) is 0 Å². The highest BCUT2D eigenvalue weighted by Gasteiger charge is 2.43. The van der Waals surface area contributed by atoms with Crippen LogP contribution in [0.2, 0.25) is 0 Å². The van der Waals surface area contributed by atoms with Crippen LogP contribution in [0.3, 0.4) is 0 Å². The zero-order valence-electron chi connectivity index (χ0n) is 14.0. The van der Waals surface area contributed by atoms with Crippen LogP contribution in [0.1, 0.15) is 44.9 Å². The van der Waals surface area contributed by atoms with Crippen molar-refractivity contribution in [2.75, 3.05) is 13.1 Å². The van der Waals surface area contributed by atoms with Crippen molar-refractivity contribution < 1.29 is 9.90 Å². The van der Waals surface area contributed by atoms with Crippen molar-refractivity contribution in [1.82, 2.24) is 14.7 Å². The molecular weight excluding hydrogens is 278 g/mol. The Morgan fingerprint density at radius 3 is 2.41 bits per heavy atom. The van der Waals surface area contributed by atoms with Gasteiger partial charge in [0.05, 0.1) is 11.6 Å². The Labute approximate surface area is 132 Å². The number of rotatable bonds is 3. The lowest BCUT2D eigenvalue weighted by Gasteiger charge is -2.21. The lowest BCUT2D eigenvalue weighted by molar-refractivity contribution is -0.141. The van der Waals surface area contributed by atoms with Crippen molar-refractivity contribution in [3.05, 3.63) is 17.5 Å². The van der Waals surface area contributed by atoms with Gasteiger partial charge in [0.15, 0.2) is 0 Å². The summed E-state index contributed by atoms with van der Waals surface area (Å²) in [6.07, 6.45) is 3.85. The molecule has 1 unspecified atom stereocenters. The van der Waals surface area contributed by atoms with Crippen LogP contribution < -0.4 is 0 Å². The molecule has 5 heteroatoms. The number of carboxylic acids is 1. The van der Waals surface area contributed by atoms with Gasteiger partial charge in [0.2, 0.25) is 0 Å². The summed E-state index contributed by atoms with van der Waals surface area (Å²) in [5, 5.41) is 13.8. The topological polar surface area (TPSA) is 58.4 Å². The maximum Gasteiger partial charge on any atom is 0.306 e. The second-order valence-corrected chi connectivity index (χ2v) is 8.15. The van der Waals surface area contributed by atoms with Gasteiger partial charge in [0.25, 0.3) is 0 Å². The summed E-state index contributed by atoms with van der Waals surface area (Å²) >= 11 is 0. The first-order chi connectivity index (χ1) is 10.2. The largest absolute Gasteiger partial charge is 0.481 e. The monoisotopic (exact) mass is 305 g/mol. The molecule has 0 spiro atoms. The van der Waals surface area contributed by atoms with Gasteiger partial charge in [0.1, 0.15) is 0 Å². The SMILES string of the molecule is Cn1cc(CN2C[C@H]3CC(C(=O)O)C[C@H]3C2)c(C(C)(C)C)n1. The molecule has 3 atom stereocenters. The van der Waals surface area contributed by atoms with Gasteiger partial charge in [-0.25, -0.2) is 0 Å². The molecule has 2 aliphatic rings. The normalized spacial score (nSPS) is 29.0. The molecule has 0 radical (unpaired) electrons. The third-order valence-electron chi connectivity index (χ3n) is 5.18. The minimum Gasteiger partial charge on any atom is -0.481 e. The van der Waals surface area contributed by atoms with E-state index in [1.807, 2.05) is 11.7 Å². The number of fused-ring (bicyclic) bond motifs is 1. The second kappa shape index (κ2) is 5.37. The molecule has 2 heterocycles. The fourth-order valence-electron chi connectivity index (χ4n) is 4.25. The van der Waals surface area contributed by atoms with E-state index in [0.29, 0.717) is 11.8 Å². The fraction of sp³-hybridized carbons (Fsp3) is 0.765. The smallest absolute Gasteiger partial charge is 0.306 e. The van der Waals surface area contributed by atoms with Crippen LogP contribution in [0.4, 0.5) is 0 Å². The van der Waals surface area contributed by atoms with E-state index in [2.05, 4.69) is 37.0 Å².